The lowest BCUT2D eigenvalue weighted by Gasteiger charge is -2.18. The molecule has 0 saturated heterocycles. The van der Waals surface area contributed by atoms with Gasteiger partial charge in [0, 0.05) is 11.1 Å². The zero-order valence-electron chi connectivity index (χ0n) is 18.4. The van der Waals surface area contributed by atoms with Gasteiger partial charge in [-0.3, -0.25) is 4.79 Å². The minimum absolute atomic E-state index is 0.0873. The summed E-state index contributed by atoms with van der Waals surface area (Å²) in [6.07, 6.45) is 3.94. The molecule has 2 aromatic carbocycles. The number of nitrogens with zero attached hydrogens (tertiary/aromatic N) is 3. The zero-order valence-corrected chi connectivity index (χ0v) is 19.2. The highest BCUT2D eigenvalue weighted by Gasteiger charge is 2.16. The predicted molar refractivity (Wildman–Crippen MR) is 127 cm³/mol. The second kappa shape index (κ2) is 8.63. The van der Waals surface area contributed by atoms with Gasteiger partial charge in [-0.25, -0.2) is 0 Å². The molecule has 0 bridgehead atoms. The van der Waals surface area contributed by atoms with Crippen molar-refractivity contribution >= 4 is 22.4 Å². The Morgan fingerprint density at radius 3 is 2.52 bits per heavy atom. The van der Waals surface area contributed by atoms with Crippen molar-refractivity contribution in [2.45, 2.75) is 46.0 Å². The molecule has 2 aromatic heterocycles. The zero-order chi connectivity index (χ0) is 22.0. The molecule has 0 N–H and O–H groups in total. The molecule has 0 aliphatic heterocycles. The first-order valence-electron chi connectivity index (χ1n) is 10.6. The van der Waals surface area contributed by atoms with Crippen molar-refractivity contribution in [2.24, 2.45) is 0 Å². The Morgan fingerprint density at radius 2 is 1.84 bits per heavy atom. The number of hydrogen-bond acceptors (Lipinski definition) is 5. The average molecular weight is 434 g/mol. The summed E-state index contributed by atoms with van der Waals surface area (Å²) in [6, 6.07) is 16.0. The molecule has 6 heteroatoms. The summed E-state index contributed by atoms with van der Waals surface area (Å²) >= 11 is 1.34. The Kier molecular flexibility index (Phi) is 5.92. The summed E-state index contributed by atoms with van der Waals surface area (Å²) in [5.74, 6) is 1.35. The minimum Gasteiger partial charge on any atom is -0.493 e. The van der Waals surface area contributed by atoms with Gasteiger partial charge < -0.3 is 4.74 Å². The Balaban J connectivity index is 1.67. The van der Waals surface area contributed by atoms with Gasteiger partial charge >= 0.3 is 0 Å². The summed E-state index contributed by atoms with van der Waals surface area (Å²) in [7, 11) is 0. The highest BCUT2D eigenvalue weighted by Crippen LogP contribution is 2.25. The Hall–Kier alpha value is -2.99. The normalized spacial score (nSPS) is 12.6. The molecule has 0 saturated carbocycles. The number of fused-ring (bicyclic) bond motifs is 1. The van der Waals surface area contributed by atoms with E-state index in [9.17, 15) is 4.79 Å². The standard InChI is InChI=1S/C25H27N3O2S/c1-5-6-15-30-20-10-8-7-9-18(20)16-21-23(29)28-24(31-21)26-22(27-28)17-11-13-19(14-12-17)25(2,3)4/h7-14,16H,5-6,15H2,1-4H3. The van der Waals surface area contributed by atoms with Crippen LogP contribution < -0.4 is 14.8 Å². The van der Waals surface area contributed by atoms with E-state index in [1.54, 1.807) is 0 Å². The first-order valence-corrected chi connectivity index (χ1v) is 11.4. The van der Waals surface area contributed by atoms with Gasteiger partial charge in [-0.05, 0) is 29.5 Å². The van der Waals surface area contributed by atoms with E-state index in [4.69, 9.17) is 4.74 Å². The minimum atomic E-state index is -0.159. The summed E-state index contributed by atoms with van der Waals surface area (Å²) in [6.45, 7) is 9.34. The van der Waals surface area contributed by atoms with Crippen LogP contribution in [0.15, 0.2) is 53.3 Å². The molecule has 0 radical (unpaired) electrons. The van der Waals surface area contributed by atoms with Gasteiger partial charge in [0.15, 0.2) is 5.82 Å². The molecule has 2 heterocycles. The number of aromatic nitrogens is 3. The summed E-state index contributed by atoms with van der Waals surface area (Å²) < 4.78 is 7.88. The topological polar surface area (TPSA) is 56.5 Å². The summed E-state index contributed by atoms with van der Waals surface area (Å²) in [5, 5.41) is 4.47. The molecule has 0 unspecified atom stereocenters. The van der Waals surface area contributed by atoms with Crippen LogP contribution in [-0.2, 0) is 5.41 Å². The van der Waals surface area contributed by atoms with Crippen LogP contribution in [0.4, 0.5) is 0 Å². The lowest BCUT2D eigenvalue weighted by Crippen LogP contribution is -2.23. The number of thiazole rings is 1. The molecular weight excluding hydrogens is 406 g/mol. The maximum atomic E-state index is 12.9. The molecular formula is C25H27N3O2S. The van der Waals surface area contributed by atoms with Gasteiger partial charge in [-0.2, -0.15) is 9.50 Å². The van der Waals surface area contributed by atoms with Crippen molar-refractivity contribution in [3.63, 3.8) is 0 Å². The third-order valence-corrected chi connectivity index (χ3v) is 6.11. The third-order valence-electron chi connectivity index (χ3n) is 5.15. The highest BCUT2D eigenvalue weighted by atomic mass is 32.1. The molecule has 31 heavy (non-hydrogen) atoms. The maximum absolute atomic E-state index is 12.9. The van der Waals surface area contributed by atoms with Gasteiger partial charge in [0.05, 0.1) is 11.1 Å². The second-order valence-corrected chi connectivity index (χ2v) is 9.62. The van der Waals surface area contributed by atoms with Gasteiger partial charge in [0.1, 0.15) is 5.75 Å². The van der Waals surface area contributed by atoms with Gasteiger partial charge in [0.2, 0.25) is 4.96 Å². The quantitative estimate of drug-likeness (QED) is 0.408. The van der Waals surface area contributed by atoms with Gasteiger partial charge in [-0.1, -0.05) is 87.9 Å². The van der Waals surface area contributed by atoms with E-state index >= 15 is 0 Å². The maximum Gasteiger partial charge on any atom is 0.291 e. The van der Waals surface area contributed by atoms with Gasteiger partial charge in [-0.15, -0.1) is 5.10 Å². The fourth-order valence-electron chi connectivity index (χ4n) is 3.27. The molecule has 4 aromatic rings. The van der Waals surface area contributed by atoms with E-state index in [1.165, 1.54) is 21.4 Å². The molecule has 160 valence electrons. The van der Waals surface area contributed by atoms with Crippen molar-refractivity contribution in [3.8, 4) is 17.1 Å². The van der Waals surface area contributed by atoms with Crippen LogP contribution in [0, 0.1) is 0 Å². The van der Waals surface area contributed by atoms with Crippen LogP contribution >= 0.6 is 11.3 Å². The molecule has 0 amide bonds. The van der Waals surface area contributed by atoms with Crippen LogP contribution in [0.2, 0.25) is 0 Å². The smallest absolute Gasteiger partial charge is 0.291 e. The first kappa shape index (κ1) is 21.2. The van der Waals surface area contributed by atoms with E-state index < -0.39 is 0 Å². The van der Waals surface area contributed by atoms with Crippen molar-refractivity contribution in [2.75, 3.05) is 6.61 Å². The van der Waals surface area contributed by atoms with Crippen LogP contribution in [0.25, 0.3) is 22.4 Å². The molecule has 0 aliphatic carbocycles. The number of rotatable bonds is 6. The second-order valence-electron chi connectivity index (χ2n) is 8.61. The number of hydrogen-bond donors (Lipinski definition) is 0. The van der Waals surface area contributed by atoms with Crippen molar-refractivity contribution < 1.29 is 4.74 Å². The molecule has 0 atom stereocenters. The van der Waals surface area contributed by atoms with E-state index in [0.29, 0.717) is 21.9 Å². The summed E-state index contributed by atoms with van der Waals surface area (Å²) in [4.78, 5) is 18.1. The van der Waals surface area contributed by atoms with Crippen LogP contribution in [0.3, 0.4) is 0 Å². The highest BCUT2D eigenvalue weighted by molar-refractivity contribution is 7.15. The van der Waals surface area contributed by atoms with Crippen LogP contribution in [0.5, 0.6) is 5.75 Å². The van der Waals surface area contributed by atoms with Crippen molar-refractivity contribution in [1.29, 1.82) is 0 Å². The van der Waals surface area contributed by atoms with E-state index in [0.717, 1.165) is 29.7 Å². The van der Waals surface area contributed by atoms with Crippen LogP contribution in [0.1, 0.15) is 51.7 Å². The SMILES string of the molecule is CCCCOc1ccccc1C=c1sc2nc(-c3ccc(C(C)(C)C)cc3)nn2c1=O. The fraction of sp³-hybridized carbons (Fsp3) is 0.320. The number of para-hydroxylation sites is 1. The number of ether oxygens (including phenoxy) is 1. The molecule has 0 aliphatic rings. The third kappa shape index (κ3) is 4.54. The first-order chi connectivity index (χ1) is 14.9. The lowest BCUT2D eigenvalue weighted by atomic mass is 9.87. The van der Waals surface area contributed by atoms with Crippen molar-refractivity contribution in [3.05, 3.63) is 74.5 Å². The number of benzene rings is 2. The van der Waals surface area contributed by atoms with E-state index in [1.807, 2.05) is 42.5 Å². The van der Waals surface area contributed by atoms with E-state index in [2.05, 4.69) is 49.9 Å². The predicted octanol–water partition coefficient (Wildman–Crippen LogP) is 4.84. The fourth-order valence-corrected chi connectivity index (χ4v) is 4.17. The molecule has 5 nitrogen and oxygen atoms in total. The van der Waals surface area contributed by atoms with E-state index in [-0.39, 0.29) is 11.0 Å². The molecule has 0 spiro atoms. The Bertz CT molecular complexity index is 1300. The molecule has 4 rings (SSSR count). The lowest BCUT2D eigenvalue weighted by molar-refractivity contribution is 0.309. The van der Waals surface area contributed by atoms with Crippen molar-refractivity contribution in [1.82, 2.24) is 14.6 Å². The van der Waals surface area contributed by atoms with Gasteiger partial charge in [0.25, 0.3) is 5.56 Å². The monoisotopic (exact) mass is 433 g/mol. The Labute approximate surface area is 186 Å². The average Bonchev–Trinajstić information content (AvgIpc) is 3.28. The Morgan fingerprint density at radius 1 is 1.10 bits per heavy atom. The molecule has 0 fully saturated rings. The van der Waals surface area contributed by atoms with Crippen LogP contribution in [-0.4, -0.2) is 21.2 Å². The largest absolute Gasteiger partial charge is 0.493 e. The number of unbranched alkanes of at least 4 members (excludes halogenated alkanes) is 1. The summed E-state index contributed by atoms with van der Waals surface area (Å²) in [5.41, 5.74) is 2.97.